The molecule has 2 aliphatic rings. The van der Waals surface area contributed by atoms with Crippen LogP contribution < -0.4 is 5.73 Å². The van der Waals surface area contributed by atoms with Crippen LogP contribution in [0.25, 0.3) is 0 Å². The van der Waals surface area contributed by atoms with Crippen molar-refractivity contribution in [1.82, 2.24) is 0 Å². The molecule has 16 heavy (non-hydrogen) atoms. The molecule has 4 heteroatoms. The lowest BCUT2D eigenvalue weighted by Crippen LogP contribution is -2.40. The van der Waals surface area contributed by atoms with E-state index >= 15 is 0 Å². The van der Waals surface area contributed by atoms with Crippen molar-refractivity contribution in [3.63, 3.8) is 0 Å². The van der Waals surface area contributed by atoms with Crippen LogP contribution in [0.5, 0.6) is 0 Å². The number of halogens is 1. The summed E-state index contributed by atoms with van der Waals surface area (Å²) in [6.07, 6.45) is 8.35. The van der Waals surface area contributed by atoms with Crippen LogP contribution in [-0.4, -0.2) is 18.6 Å². The number of nitrogens with two attached hydrogens (primary N) is 1. The van der Waals surface area contributed by atoms with E-state index in [9.17, 15) is 4.79 Å². The first kappa shape index (κ1) is 13.8. The molecule has 0 unspecified atom stereocenters. The highest BCUT2D eigenvalue weighted by Gasteiger charge is 2.29. The van der Waals surface area contributed by atoms with Gasteiger partial charge in [0.15, 0.2) is 0 Å². The fourth-order valence-corrected chi connectivity index (χ4v) is 2.27. The normalized spacial score (nSPS) is 23.3. The second kappa shape index (κ2) is 6.45. The molecular formula is C12H22ClNO2. The Morgan fingerprint density at radius 2 is 1.81 bits per heavy atom. The molecule has 2 rings (SSSR count). The van der Waals surface area contributed by atoms with Crippen molar-refractivity contribution in [3.05, 3.63) is 0 Å². The standard InChI is InChI=1S/C12H21NO2.ClH/c13-11(10-4-2-1-3-5-10)12(14)15-8-9-6-7-9;/h9-11H,1-8,13H2;1H/t11-;/m0./s1. The van der Waals surface area contributed by atoms with Gasteiger partial charge in [0.05, 0.1) is 6.61 Å². The Hall–Kier alpha value is -0.280. The number of ether oxygens (including phenoxy) is 1. The molecule has 3 nitrogen and oxygen atoms in total. The maximum Gasteiger partial charge on any atom is 0.323 e. The number of esters is 1. The second-order valence-electron chi connectivity index (χ2n) is 5.00. The molecule has 2 N–H and O–H groups in total. The molecule has 0 aliphatic heterocycles. The lowest BCUT2D eigenvalue weighted by molar-refractivity contribution is -0.147. The van der Waals surface area contributed by atoms with Crippen molar-refractivity contribution in [2.75, 3.05) is 6.61 Å². The Morgan fingerprint density at radius 1 is 1.19 bits per heavy atom. The maximum atomic E-state index is 11.6. The second-order valence-corrected chi connectivity index (χ2v) is 5.00. The van der Waals surface area contributed by atoms with Gasteiger partial charge >= 0.3 is 5.97 Å². The number of carbonyl (C=O) groups excluding carboxylic acids is 1. The summed E-state index contributed by atoms with van der Waals surface area (Å²) in [5.74, 6) is 0.826. The minimum atomic E-state index is -0.371. The number of hydrogen-bond donors (Lipinski definition) is 1. The predicted molar refractivity (Wildman–Crippen MR) is 65.5 cm³/mol. The average molecular weight is 248 g/mol. The highest BCUT2D eigenvalue weighted by atomic mass is 35.5. The molecule has 0 bridgehead atoms. The van der Waals surface area contributed by atoms with E-state index in [0.717, 1.165) is 12.8 Å². The van der Waals surface area contributed by atoms with Gasteiger partial charge in [0, 0.05) is 0 Å². The van der Waals surface area contributed by atoms with E-state index in [1.165, 1.54) is 32.1 Å². The lowest BCUT2D eigenvalue weighted by Gasteiger charge is -2.25. The molecule has 94 valence electrons. The molecule has 2 fully saturated rings. The van der Waals surface area contributed by atoms with E-state index in [-0.39, 0.29) is 24.4 Å². The van der Waals surface area contributed by atoms with Crippen LogP contribution in [0.3, 0.4) is 0 Å². The van der Waals surface area contributed by atoms with Crippen molar-refractivity contribution in [2.24, 2.45) is 17.6 Å². The minimum Gasteiger partial charge on any atom is -0.464 e. The Kier molecular flexibility index (Phi) is 5.56. The third-order valence-electron chi connectivity index (χ3n) is 3.59. The van der Waals surface area contributed by atoms with E-state index in [1.54, 1.807) is 0 Å². The Bertz CT molecular complexity index is 225. The van der Waals surface area contributed by atoms with Crippen molar-refractivity contribution in [3.8, 4) is 0 Å². The van der Waals surface area contributed by atoms with Gasteiger partial charge in [-0.15, -0.1) is 12.4 Å². The molecule has 0 amide bonds. The van der Waals surface area contributed by atoms with Gasteiger partial charge in [-0.2, -0.15) is 0 Å². The summed E-state index contributed by atoms with van der Waals surface area (Å²) in [5, 5.41) is 0. The fraction of sp³-hybridized carbons (Fsp3) is 0.917. The van der Waals surface area contributed by atoms with Gasteiger partial charge < -0.3 is 10.5 Å². The largest absolute Gasteiger partial charge is 0.464 e. The molecule has 2 aliphatic carbocycles. The topological polar surface area (TPSA) is 52.3 Å². The molecule has 0 radical (unpaired) electrons. The van der Waals surface area contributed by atoms with Gasteiger partial charge in [0.2, 0.25) is 0 Å². The molecule has 0 saturated heterocycles. The van der Waals surface area contributed by atoms with Crippen LogP contribution in [0.2, 0.25) is 0 Å². The third kappa shape index (κ3) is 3.95. The summed E-state index contributed by atoms with van der Waals surface area (Å²) >= 11 is 0. The molecule has 0 heterocycles. The Morgan fingerprint density at radius 3 is 2.38 bits per heavy atom. The summed E-state index contributed by atoms with van der Waals surface area (Å²) < 4.78 is 5.22. The van der Waals surface area contributed by atoms with Crippen LogP contribution in [0.4, 0.5) is 0 Å². The summed E-state index contributed by atoms with van der Waals surface area (Å²) in [5.41, 5.74) is 5.92. The molecule has 0 aromatic carbocycles. The zero-order valence-electron chi connectivity index (χ0n) is 9.69. The quantitative estimate of drug-likeness (QED) is 0.776. The van der Waals surface area contributed by atoms with Crippen LogP contribution >= 0.6 is 12.4 Å². The fourth-order valence-electron chi connectivity index (χ4n) is 2.27. The molecular weight excluding hydrogens is 226 g/mol. The van der Waals surface area contributed by atoms with Gasteiger partial charge in [-0.3, -0.25) is 4.79 Å². The van der Waals surface area contributed by atoms with Gasteiger partial charge in [0.25, 0.3) is 0 Å². The van der Waals surface area contributed by atoms with E-state index in [0.29, 0.717) is 18.4 Å². The smallest absolute Gasteiger partial charge is 0.323 e. The number of hydrogen-bond acceptors (Lipinski definition) is 3. The summed E-state index contributed by atoms with van der Waals surface area (Å²) in [6, 6.07) is -0.371. The van der Waals surface area contributed by atoms with Crippen LogP contribution in [0.1, 0.15) is 44.9 Å². The van der Waals surface area contributed by atoms with Gasteiger partial charge in [0.1, 0.15) is 6.04 Å². The van der Waals surface area contributed by atoms with E-state index in [2.05, 4.69) is 0 Å². The predicted octanol–water partition coefficient (Wildman–Crippen LogP) is 2.27. The molecule has 0 spiro atoms. The first-order valence-corrected chi connectivity index (χ1v) is 6.19. The van der Waals surface area contributed by atoms with Gasteiger partial charge in [-0.05, 0) is 37.5 Å². The van der Waals surface area contributed by atoms with E-state index in [1.807, 2.05) is 0 Å². The summed E-state index contributed by atoms with van der Waals surface area (Å²) in [6.45, 7) is 0.596. The average Bonchev–Trinajstić information content (AvgIpc) is 3.10. The zero-order chi connectivity index (χ0) is 10.7. The molecule has 0 aromatic heterocycles. The molecule has 1 atom stereocenters. The first-order valence-electron chi connectivity index (χ1n) is 6.19. The zero-order valence-corrected chi connectivity index (χ0v) is 10.5. The Balaban J connectivity index is 0.00000128. The maximum absolute atomic E-state index is 11.6. The lowest BCUT2D eigenvalue weighted by atomic mass is 9.84. The van der Waals surface area contributed by atoms with Crippen LogP contribution in [0.15, 0.2) is 0 Å². The van der Waals surface area contributed by atoms with Crippen LogP contribution in [0, 0.1) is 11.8 Å². The third-order valence-corrected chi connectivity index (χ3v) is 3.59. The first-order chi connectivity index (χ1) is 7.27. The monoisotopic (exact) mass is 247 g/mol. The molecule has 0 aromatic rings. The van der Waals surface area contributed by atoms with Crippen LogP contribution in [-0.2, 0) is 9.53 Å². The van der Waals surface area contributed by atoms with E-state index < -0.39 is 0 Å². The number of carbonyl (C=O) groups is 1. The van der Waals surface area contributed by atoms with Crippen molar-refractivity contribution >= 4 is 18.4 Å². The Labute approximate surface area is 104 Å². The van der Waals surface area contributed by atoms with Crippen molar-refractivity contribution in [2.45, 2.75) is 51.0 Å². The number of rotatable bonds is 4. The SMILES string of the molecule is Cl.N[C@H](C(=O)OCC1CC1)C1CCCCC1. The summed E-state index contributed by atoms with van der Waals surface area (Å²) in [4.78, 5) is 11.6. The van der Waals surface area contributed by atoms with Crippen molar-refractivity contribution in [1.29, 1.82) is 0 Å². The minimum absolute atomic E-state index is 0. The van der Waals surface area contributed by atoms with Crippen molar-refractivity contribution < 1.29 is 9.53 Å². The molecule has 2 saturated carbocycles. The highest BCUT2D eigenvalue weighted by molar-refractivity contribution is 5.85. The van der Waals surface area contributed by atoms with E-state index in [4.69, 9.17) is 10.5 Å². The van der Waals surface area contributed by atoms with Gasteiger partial charge in [-0.25, -0.2) is 0 Å². The van der Waals surface area contributed by atoms with Gasteiger partial charge in [-0.1, -0.05) is 19.3 Å². The highest BCUT2D eigenvalue weighted by Crippen LogP contribution is 2.30. The summed E-state index contributed by atoms with van der Waals surface area (Å²) in [7, 11) is 0.